The van der Waals surface area contributed by atoms with Gasteiger partial charge in [-0.25, -0.2) is 14.0 Å². The zero-order valence-electron chi connectivity index (χ0n) is 17.1. The Balaban J connectivity index is 1.29. The molecule has 0 radical (unpaired) electrons. The van der Waals surface area contributed by atoms with Crippen LogP contribution in [0.5, 0.6) is 0 Å². The largest absolute Gasteiger partial charge is 0.478 e. The van der Waals surface area contributed by atoms with E-state index in [9.17, 15) is 14.0 Å². The maximum atomic E-state index is 13.5. The van der Waals surface area contributed by atoms with Crippen LogP contribution in [0.4, 0.5) is 9.18 Å². The highest BCUT2D eigenvalue weighted by atomic mass is 19.1. The number of hydrogen-bond acceptors (Lipinski definition) is 3. The highest BCUT2D eigenvalue weighted by Crippen LogP contribution is 2.44. The highest BCUT2D eigenvalue weighted by Gasteiger charge is 2.28. The van der Waals surface area contributed by atoms with Gasteiger partial charge in [0, 0.05) is 24.4 Å². The number of aromatic carboxylic acids is 1. The van der Waals surface area contributed by atoms with Gasteiger partial charge in [0.15, 0.2) is 0 Å². The van der Waals surface area contributed by atoms with Crippen LogP contribution in [0.1, 0.15) is 39.4 Å². The number of carbonyl (C=O) groups is 2. The van der Waals surface area contributed by atoms with Gasteiger partial charge in [0.25, 0.3) is 0 Å². The molecule has 0 saturated carbocycles. The van der Waals surface area contributed by atoms with E-state index in [0.29, 0.717) is 6.42 Å². The van der Waals surface area contributed by atoms with Crippen LogP contribution in [-0.4, -0.2) is 30.3 Å². The van der Waals surface area contributed by atoms with Crippen molar-refractivity contribution in [3.8, 4) is 23.0 Å². The van der Waals surface area contributed by atoms with E-state index < -0.39 is 17.9 Å². The van der Waals surface area contributed by atoms with Crippen molar-refractivity contribution in [1.82, 2.24) is 5.32 Å². The zero-order chi connectivity index (χ0) is 22.5. The number of benzene rings is 3. The van der Waals surface area contributed by atoms with E-state index in [1.165, 1.54) is 12.1 Å². The molecule has 160 valence electrons. The van der Waals surface area contributed by atoms with Gasteiger partial charge < -0.3 is 15.2 Å². The Morgan fingerprint density at radius 3 is 2.31 bits per heavy atom. The first-order chi connectivity index (χ1) is 15.5. The van der Waals surface area contributed by atoms with E-state index in [4.69, 9.17) is 9.84 Å². The number of ether oxygens (including phenoxy) is 1. The van der Waals surface area contributed by atoms with Crippen molar-refractivity contribution >= 4 is 12.1 Å². The first-order valence-corrected chi connectivity index (χ1v) is 10.1. The number of rotatable bonds is 5. The van der Waals surface area contributed by atoms with Gasteiger partial charge in [0.1, 0.15) is 12.4 Å². The summed E-state index contributed by atoms with van der Waals surface area (Å²) >= 11 is 0. The lowest BCUT2D eigenvalue weighted by atomic mass is 9.98. The maximum absolute atomic E-state index is 13.5. The summed E-state index contributed by atoms with van der Waals surface area (Å²) in [5, 5.41) is 11.6. The topological polar surface area (TPSA) is 75.6 Å². The minimum atomic E-state index is -1.22. The van der Waals surface area contributed by atoms with E-state index in [1.807, 2.05) is 24.3 Å². The first-order valence-electron chi connectivity index (χ1n) is 10.1. The summed E-state index contributed by atoms with van der Waals surface area (Å²) < 4.78 is 18.9. The third kappa shape index (κ3) is 4.62. The third-order valence-electron chi connectivity index (χ3n) is 5.24. The summed E-state index contributed by atoms with van der Waals surface area (Å²) in [6, 6.07) is 19.6. The molecule has 6 heteroatoms. The van der Waals surface area contributed by atoms with Gasteiger partial charge in [-0.1, -0.05) is 60.4 Å². The van der Waals surface area contributed by atoms with E-state index in [1.54, 1.807) is 0 Å². The number of amides is 1. The molecule has 32 heavy (non-hydrogen) atoms. The van der Waals surface area contributed by atoms with Crippen molar-refractivity contribution in [2.24, 2.45) is 0 Å². The molecule has 1 aliphatic carbocycles. The lowest BCUT2D eigenvalue weighted by molar-refractivity contribution is 0.0696. The molecule has 0 bridgehead atoms. The van der Waals surface area contributed by atoms with E-state index in [-0.39, 0.29) is 30.2 Å². The van der Waals surface area contributed by atoms with Gasteiger partial charge in [0.2, 0.25) is 0 Å². The normalized spacial score (nSPS) is 11.7. The van der Waals surface area contributed by atoms with Crippen LogP contribution in [0.15, 0.2) is 66.7 Å². The molecule has 0 aliphatic heterocycles. The van der Waals surface area contributed by atoms with Crippen molar-refractivity contribution in [1.29, 1.82) is 0 Å². The Labute approximate surface area is 184 Å². The molecule has 5 nitrogen and oxygen atoms in total. The van der Waals surface area contributed by atoms with Gasteiger partial charge in [-0.3, -0.25) is 0 Å². The number of carboxylic acids is 1. The Morgan fingerprint density at radius 1 is 1.00 bits per heavy atom. The molecule has 1 aliphatic rings. The number of alkyl carbamates (subject to hydrolysis) is 1. The van der Waals surface area contributed by atoms with Gasteiger partial charge in [0.05, 0.1) is 5.56 Å². The summed E-state index contributed by atoms with van der Waals surface area (Å²) in [7, 11) is 0. The number of hydrogen-bond donors (Lipinski definition) is 2. The third-order valence-corrected chi connectivity index (χ3v) is 5.24. The molecule has 0 fully saturated rings. The number of carbonyl (C=O) groups excluding carboxylic acids is 1. The molecular formula is C26H20FNO4. The van der Waals surface area contributed by atoms with Gasteiger partial charge >= 0.3 is 12.1 Å². The molecule has 0 saturated heterocycles. The molecule has 3 aromatic rings. The summed E-state index contributed by atoms with van der Waals surface area (Å²) in [6.07, 6.45) is -0.226. The van der Waals surface area contributed by atoms with Crippen LogP contribution < -0.4 is 5.32 Å². The van der Waals surface area contributed by atoms with Gasteiger partial charge in [-0.05, 0) is 40.5 Å². The second-order valence-electron chi connectivity index (χ2n) is 7.34. The molecule has 0 heterocycles. The second-order valence-corrected chi connectivity index (χ2v) is 7.34. The minimum Gasteiger partial charge on any atom is -0.478 e. The Bertz CT molecular complexity index is 1200. The Morgan fingerprint density at radius 2 is 1.66 bits per heavy atom. The fraction of sp³-hybridized carbons (Fsp3) is 0.154. The fourth-order valence-electron chi connectivity index (χ4n) is 3.83. The second kappa shape index (κ2) is 9.36. The fourth-order valence-corrected chi connectivity index (χ4v) is 3.83. The SMILES string of the molecule is O=C(NCCC#Cc1cc(F)cc(C(=O)O)c1)OCC1c2ccccc2-c2ccccc21. The maximum Gasteiger partial charge on any atom is 0.407 e. The molecule has 3 aromatic carbocycles. The molecule has 0 unspecified atom stereocenters. The predicted octanol–water partition coefficient (Wildman–Crippen LogP) is 4.80. The monoisotopic (exact) mass is 429 g/mol. The summed E-state index contributed by atoms with van der Waals surface area (Å²) in [5.41, 5.74) is 4.72. The lowest BCUT2D eigenvalue weighted by Gasteiger charge is -2.14. The summed E-state index contributed by atoms with van der Waals surface area (Å²) in [6.45, 7) is 0.484. The lowest BCUT2D eigenvalue weighted by Crippen LogP contribution is -2.26. The summed E-state index contributed by atoms with van der Waals surface area (Å²) in [5.74, 6) is 3.61. The van der Waals surface area contributed by atoms with Crippen LogP contribution in [0, 0.1) is 17.7 Å². The average molecular weight is 429 g/mol. The minimum absolute atomic E-state index is 0.00986. The molecule has 0 atom stereocenters. The molecule has 4 rings (SSSR count). The average Bonchev–Trinajstić information content (AvgIpc) is 3.11. The van der Waals surface area contributed by atoms with Gasteiger partial charge in [-0.15, -0.1) is 0 Å². The number of fused-ring (bicyclic) bond motifs is 3. The van der Waals surface area contributed by atoms with Crippen molar-refractivity contribution in [2.45, 2.75) is 12.3 Å². The predicted molar refractivity (Wildman–Crippen MR) is 118 cm³/mol. The van der Waals surface area contributed by atoms with Crippen molar-refractivity contribution in [2.75, 3.05) is 13.2 Å². The molecule has 2 N–H and O–H groups in total. The van der Waals surface area contributed by atoms with Crippen molar-refractivity contribution < 1.29 is 23.8 Å². The van der Waals surface area contributed by atoms with Crippen LogP contribution in [0.25, 0.3) is 11.1 Å². The van der Waals surface area contributed by atoms with Crippen molar-refractivity contribution in [3.63, 3.8) is 0 Å². The summed E-state index contributed by atoms with van der Waals surface area (Å²) in [4.78, 5) is 23.1. The smallest absolute Gasteiger partial charge is 0.407 e. The molecule has 1 amide bonds. The number of carboxylic acid groups (broad SMARTS) is 1. The number of nitrogens with one attached hydrogen (secondary N) is 1. The van der Waals surface area contributed by atoms with Crippen molar-refractivity contribution in [3.05, 3.63) is 94.8 Å². The quantitative estimate of drug-likeness (QED) is 0.451. The highest BCUT2D eigenvalue weighted by molar-refractivity contribution is 5.88. The zero-order valence-corrected chi connectivity index (χ0v) is 17.1. The molecular weight excluding hydrogens is 409 g/mol. The van der Waals surface area contributed by atoms with Gasteiger partial charge in [-0.2, -0.15) is 0 Å². The van der Waals surface area contributed by atoms with E-state index in [2.05, 4.69) is 41.4 Å². The van der Waals surface area contributed by atoms with Crippen LogP contribution in [-0.2, 0) is 4.74 Å². The van der Waals surface area contributed by atoms with E-state index in [0.717, 1.165) is 28.3 Å². The number of halogens is 1. The van der Waals surface area contributed by atoms with Crippen LogP contribution in [0.2, 0.25) is 0 Å². The first kappa shape index (κ1) is 21.1. The van der Waals surface area contributed by atoms with Crippen LogP contribution in [0.3, 0.4) is 0 Å². The molecule has 0 aromatic heterocycles. The Hall–Kier alpha value is -4.11. The van der Waals surface area contributed by atoms with Crippen LogP contribution >= 0.6 is 0 Å². The van der Waals surface area contributed by atoms with E-state index >= 15 is 0 Å². The molecule has 0 spiro atoms. The standard InChI is InChI=1S/C26H20FNO4/c27-19-14-17(13-18(15-19)25(29)30)7-5-6-12-28-26(31)32-16-24-22-10-3-1-8-20(22)21-9-2-4-11-23(21)24/h1-4,8-11,13-15,24H,6,12,16H2,(H,28,31)(H,29,30). The Kier molecular flexibility index (Phi) is 6.18.